The van der Waals surface area contributed by atoms with Crippen LogP contribution in [0.15, 0.2) is 113 Å². The zero-order chi connectivity index (χ0) is 30.5. The number of carbonyl (C=O) groups is 1. The quantitative estimate of drug-likeness (QED) is 0.0799. The van der Waals surface area contributed by atoms with Gasteiger partial charge in [-0.15, -0.1) is 23.1 Å². The number of sulfone groups is 1. The number of Topliss-reactive ketones (excluding diaryl/α,β-unsaturated/α-hetero) is 1. The summed E-state index contributed by atoms with van der Waals surface area (Å²) >= 11 is 2.97. The second-order valence-corrected chi connectivity index (χ2v) is 14.4. The second kappa shape index (κ2) is 13.4. The average molecular weight is 643 g/mol. The third kappa shape index (κ3) is 7.22. The highest BCUT2D eigenvalue weighted by atomic mass is 32.2. The van der Waals surface area contributed by atoms with E-state index < -0.39 is 21.4 Å². The van der Waals surface area contributed by atoms with Crippen LogP contribution in [0.1, 0.15) is 26.5 Å². The summed E-state index contributed by atoms with van der Waals surface area (Å²) in [5, 5.41) is 0.698. The predicted molar refractivity (Wildman–Crippen MR) is 174 cm³/mol. The van der Waals surface area contributed by atoms with Gasteiger partial charge in [0.2, 0.25) is 6.79 Å². The van der Waals surface area contributed by atoms with Gasteiger partial charge in [0.15, 0.2) is 27.1 Å². The van der Waals surface area contributed by atoms with Crippen molar-refractivity contribution in [3.8, 4) is 22.1 Å². The number of ketones is 1. The molecule has 0 spiro atoms. The number of thioether (sulfide) groups is 1. The van der Waals surface area contributed by atoms with Crippen molar-refractivity contribution in [1.29, 1.82) is 0 Å². The van der Waals surface area contributed by atoms with Crippen LogP contribution in [-0.2, 0) is 22.9 Å². The lowest BCUT2D eigenvalue weighted by Crippen LogP contribution is -2.22. The van der Waals surface area contributed by atoms with Crippen molar-refractivity contribution in [3.63, 3.8) is 0 Å². The zero-order valence-electron chi connectivity index (χ0n) is 24.0. The van der Waals surface area contributed by atoms with Crippen LogP contribution in [0.25, 0.3) is 10.6 Å². The van der Waals surface area contributed by atoms with Crippen molar-refractivity contribution in [2.24, 2.45) is 0 Å². The zero-order valence-corrected chi connectivity index (χ0v) is 26.5. The number of ether oxygens (including phenoxy) is 2. The van der Waals surface area contributed by atoms with Crippen LogP contribution in [-0.4, -0.2) is 42.5 Å². The van der Waals surface area contributed by atoms with E-state index in [1.54, 1.807) is 30.8 Å². The predicted octanol–water partition coefficient (Wildman–Crippen LogP) is 7.26. The van der Waals surface area contributed by atoms with Gasteiger partial charge in [0.1, 0.15) is 10.8 Å². The molecule has 0 unspecified atom stereocenters. The minimum Gasteiger partial charge on any atom is -0.454 e. The molecule has 2 heterocycles. The number of aryl methyl sites for hydroxylation is 1. The number of rotatable bonds is 12. The Balaban J connectivity index is 1.14. The van der Waals surface area contributed by atoms with E-state index in [1.807, 2.05) is 78.9 Å². The number of hydrogen-bond acceptors (Lipinski definition) is 9. The maximum Gasteiger partial charge on any atom is 0.231 e. The number of fused-ring (bicyclic) bond motifs is 1. The molecular weight excluding hydrogens is 613 g/mol. The van der Waals surface area contributed by atoms with Crippen LogP contribution in [0.5, 0.6) is 11.5 Å². The van der Waals surface area contributed by atoms with Crippen molar-refractivity contribution < 1.29 is 22.7 Å². The molecule has 0 amide bonds. The SMILES string of the molecule is Cc1nc(-c2ccccc2)sc1C(=O)CS(=O)(=O)c1ccc(CN(CSc2ccccc2)Cc2ccc3c(c2)OCO3)cc1. The summed E-state index contributed by atoms with van der Waals surface area (Å²) in [5.41, 5.74) is 3.50. The maximum absolute atomic E-state index is 13.3. The van der Waals surface area contributed by atoms with Crippen molar-refractivity contribution in [2.75, 3.05) is 18.4 Å². The highest BCUT2D eigenvalue weighted by Gasteiger charge is 2.24. The van der Waals surface area contributed by atoms with E-state index in [0.29, 0.717) is 28.7 Å². The molecule has 0 saturated heterocycles. The van der Waals surface area contributed by atoms with Gasteiger partial charge in [0, 0.05) is 29.4 Å². The Kier molecular flexibility index (Phi) is 9.13. The normalized spacial score (nSPS) is 12.5. The molecule has 7 nitrogen and oxygen atoms in total. The van der Waals surface area contributed by atoms with Crippen molar-refractivity contribution in [1.82, 2.24) is 9.88 Å². The lowest BCUT2D eigenvalue weighted by atomic mass is 10.1. The third-order valence-corrected chi connectivity index (χ3v) is 11.1. The number of carbonyl (C=O) groups excluding carboxylic acids is 1. The van der Waals surface area contributed by atoms with Gasteiger partial charge in [-0.3, -0.25) is 9.69 Å². The molecule has 0 aliphatic carbocycles. The van der Waals surface area contributed by atoms with Crippen LogP contribution in [0.4, 0.5) is 0 Å². The molecule has 44 heavy (non-hydrogen) atoms. The highest BCUT2D eigenvalue weighted by Crippen LogP contribution is 2.33. The van der Waals surface area contributed by atoms with E-state index in [-0.39, 0.29) is 11.7 Å². The monoisotopic (exact) mass is 642 g/mol. The Morgan fingerprint density at radius 3 is 2.27 bits per heavy atom. The largest absolute Gasteiger partial charge is 0.454 e. The first kappa shape index (κ1) is 30.1. The lowest BCUT2D eigenvalue weighted by Gasteiger charge is -2.22. The molecule has 0 bridgehead atoms. The van der Waals surface area contributed by atoms with E-state index in [2.05, 4.69) is 22.0 Å². The topological polar surface area (TPSA) is 85.8 Å². The Morgan fingerprint density at radius 1 is 0.864 bits per heavy atom. The smallest absolute Gasteiger partial charge is 0.231 e. The molecule has 0 atom stereocenters. The van der Waals surface area contributed by atoms with Gasteiger partial charge >= 0.3 is 0 Å². The standard InChI is InChI=1S/C34H30N2O5S3/c1-24-33(43-34(35-24)27-8-4-2-5-9-27)30(37)21-44(38,39)29-15-12-25(13-16-29)19-36(22-42-28-10-6-3-7-11-28)20-26-14-17-31-32(18-26)41-23-40-31/h2-18H,19-23H2,1H3. The van der Waals surface area contributed by atoms with Gasteiger partial charge in [0.05, 0.1) is 15.5 Å². The molecule has 1 aliphatic rings. The molecular formula is C34H30N2O5S3. The molecule has 224 valence electrons. The Morgan fingerprint density at radius 2 is 1.52 bits per heavy atom. The lowest BCUT2D eigenvalue weighted by molar-refractivity contribution is 0.102. The van der Waals surface area contributed by atoms with Crippen LogP contribution in [0.3, 0.4) is 0 Å². The molecule has 1 aromatic heterocycles. The van der Waals surface area contributed by atoms with Gasteiger partial charge < -0.3 is 9.47 Å². The average Bonchev–Trinajstić information content (AvgIpc) is 3.67. The first-order valence-electron chi connectivity index (χ1n) is 14.0. The van der Waals surface area contributed by atoms with E-state index in [9.17, 15) is 13.2 Å². The number of aromatic nitrogens is 1. The summed E-state index contributed by atoms with van der Waals surface area (Å²) in [5.74, 6) is 1.17. The number of benzene rings is 4. The molecule has 0 radical (unpaired) electrons. The summed E-state index contributed by atoms with van der Waals surface area (Å²) in [6.45, 7) is 3.24. The highest BCUT2D eigenvalue weighted by molar-refractivity contribution is 7.99. The van der Waals surface area contributed by atoms with Gasteiger partial charge in [-0.25, -0.2) is 13.4 Å². The first-order chi connectivity index (χ1) is 21.3. The molecule has 4 aromatic carbocycles. The van der Waals surface area contributed by atoms with Gasteiger partial charge in [-0.05, 0) is 54.4 Å². The van der Waals surface area contributed by atoms with Crippen LogP contribution in [0.2, 0.25) is 0 Å². The molecule has 0 fully saturated rings. The van der Waals surface area contributed by atoms with E-state index in [0.717, 1.165) is 34.1 Å². The van der Waals surface area contributed by atoms with Crippen LogP contribution >= 0.6 is 23.1 Å². The summed E-state index contributed by atoms with van der Waals surface area (Å²) < 4.78 is 37.5. The van der Waals surface area contributed by atoms with Crippen molar-refractivity contribution >= 4 is 38.7 Å². The third-order valence-electron chi connectivity index (χ3n) is 7.08. The molecule has 0 N–H and O–H groups in total. The molecule has 1 aliphatic heterocycles. The summed E-state index contributed by atoms with van der Waals surface area (Å²) in [4.78, 5) is 21.6. The fraction of sp³-hybridized carbons (Fsp3) is 0.176. The summed E-state index contributed by atoms with van der Waals surface area (Å²) in [6.07, 6.45) is 0. The Bertz CT molecular complexity index is 1860. The molecule has 5 aromatic rings. The van der Waals surface area contributed by atoms with Crippen LogP contribution < -0.4 is 9.47 Å². The number of hydrogen-bond donors (Lipinski definition) is 0. The van der Waals surface area contributed by atoms with Gasteiger partial charge in [-0.2, -0.15) is 0 Å². The fourth-order valence-corrected chi connectivity index (χ4v) is 8.04. The van der Waals surface area contributed by atoms with E-state index in [1.165, 1.54) is 16.2 Å². The molecule has 10 heteroatoms. The summed E-state index contributed by atoms with van der Waals surface area (Å²) in [6, 6.07) is 32.6. The molecule has 6 rings (SSSR count). The Hall–Kier alpha value is -3.96. The maximum atomic E-state index is 13.3. The minimum atomic E-state index is -3.84. The van der Waals surface area contributed by atoms with E-state index in [4.69, 9.17) is 9.47 Å². The number of thiazole rings is 1. The first-order valence-corrected chi connectivity index (χ1v) is 17.5. The number of nitrogens with zero attached hydrogens (tertiary/aromatic N) is 2. The van der Waals surface area contributed by atoms with Crippen molar-refractivity contribution in [3.05, 3.63) is 125 Å². The minimum absolute atomic E-state index is 0.126. The fourth-order valence-electron chi connectivity index (χ4n) is 4.87. The molecule has 0 saturated carbocycles. The van der Waals surface area contributed by atoms with Crippen molar-refractivity contribution in [2.45, 2.75) is 29.8 Å². The Labute approximate surface area is 265 Å². The van der Waals surface area contributed by atoms with Crippen LogP contribution in [0, 0.1) is 6.92 Å². The second-order valence-electron chi connectivity index (χ2n) is 10.4. The summed E-state index contributed by atoms with van der Waals surface area (Å²) in [7, 11) is -3.84. The van der Waals surface area contributed by atoms with E-state index >= 15 is 0 Å². The van der Waals surface area contributed by atoms with Gasteiger partial charge in [0.25, 0.3) is 0 Å². The van der Waals surface area contributed by atoms with Gasteiger partial charge in [-0.1, -0.05) is 66.7 Å².